The molecule has 0 aromatic heterocycles. The van der Waals surface area contributed by atoms with E-state index in [1.165, 1.54) is 6.92 Å². The summed E-state index contributed by atoms with van der Waals surface area (Å²) < 4.78 is 5.83. The first-order valence-corrected chi connectivity index (χ1v) is 14.7. The summed E-state index contributed by atoms with van der Waals surface area (Å²) in [5, 5.41) is 32.9. The average molecular weight is 535 g/mol. The van der Waals surface area contributed by atoms with Gasteiger partial charge in [0, 0.05) is 29.9 Å². The van der Waals surface area contributed by atoms with E-state index in [9.17, 15) is 24.9 Å². The third-order valence-electron chi connectivity index (χ3n) is 11.4. The molecule has 4 saturated carbocycles. The van der Waals surface area contributed by atoms with E-state index in [1.54, 1.807) is 0 Å². The Morgan fingerprint density at radius 3 is 2.39 bits per heavy atom. The number of fused-ring (bicyclic) bond motifs is 5. The summed E-state index contributed by atoms with van der Waals surface area (Å²) in [4.78, 5) is 24.8. The number of ether oxygens (including phenoxy) is 1. The highest BCUT2D eigenvalue weighted by Crippen LogP contribution is 2.70. The molecular weight excluding hydrogens is 484 g/mol. The molecule has 0 aromatic rings. The Hall–Kier alpha value is -1.48. The number of carboxylic acids is 1. The van der Waals surface area contributed by atoms with Gasteiger partial charge < -0.3 is 31.5 Å². The van der Waals surface area contributed by atoms with Crippen LogP contribution in [0.25, 0.3) is 0 Å². The fourth-order valence-electron chi connectivity index (χ4n) is 9.68. The van der Waals surface area contributed by atoms with Gasteiger partial charge >= 0.3 is 11.9 Å². The third-order valence-corrected chi connectivity index (χ3v) is 11.4. The zero-order valence-corrected chi connectivity index (χ0v) is 23.9. The summed E-state index contributed by atoms with van der Waals surface area (Å²) >= 11 is 0. The zero-order valence-electron chi connectivity index (χ0n) is 23.9. The van der Waals surface area contributed by atoms with Crippen molar-refractivity contribution in [2.24, 2.45) is 51.9 Å². The number of aliphatic hydroxyl groups is 2. The lowest BCUT2D eigenvalue weighted by molar-refractivity contribution is -0.202. The van der Waals surface area contributed by atoms with Crippen molar-refractivity contribution in [3.05, 3.63) is 11.1 Å². The number of carbonyl (C=O) groups is 2. The molecule has 4 fully saturated rings. The Morgan fingerprint density at radius 1 is 1.13 bits per heavy atom. The Labute approximate surface area is 227 Å². The maximum Gasteiger partial charge on any atom is 0.331 e. The Balaban J connectivity index is 1.80. The topological polar surface area (TPSA) is 156 Å². The van der Waals surface area contributed by atoms with E-state index < -0.39 is 41.2 Å². The van der Waals surface area contributed by atoms with Crippen molar-refractivity contribution < 1.29 is 29.6 Å². The van der Waals surface area contributed by atoms with Crippen molar-refractivity contribution in [1.82, 2.24) is 0 Å². The van der Waals surface area contributed by atoms with Gasteiger partial charge in [0.2, 0.25) is 0 Å². The van der Waals surface area contributed by atoms with Crippen LogP contribution in [0.15, 0.2) is 11.1 Å². The second-order valence-corrected chi connectivity index (χ2v) is 13.8. The summed E-state index contributed by atoms with van der Waals surface area (Å²) in [6, 6.07) is 0. The fourth-order valence-corrected chi connectivity index (χ4v) is 9.68. The first-order chi connectivity index (χ1) is 17.7. The van der Waals surface area contributed by atoms with E-state index in [1.807, 2.05) is 0 Å². The molecule has 4 aliphatic carbocycles. The SMILES string of the molecule is CC(=O)O[C@H]1C[C@@]2(C)[C@@H](C[C@@H](O)[C@H]3[C@@]4(C)CC[C@@H](O)[C@@H](CN)[C@@H]4CC[C@@]32N)/C1=C(\CCCC(C)C)C(=O)O. The van der Waals surface area contributed by atoms with Crippen molar-refractivity contribution >= 4 is 11.9 Å². The van der Waals surface area contributed by atoms with E-state index in [4.69, 9.17) is 16.2 Å². The first kappa shape index (κ1) is 29.5. The molecule has 8 nitrogen and oxygen atoms in total. The minimum absolute atomic E-state index is 0.0246. The fraction of sp³-hybridized carbons (Fsp3) is 0.867. The second-order valence-electron chi connectivity index (χ2n) is 13.8. The van der Waals surface area contributed by atoms with Crippen molar-refractivity contribution in [1.29, 1.82) is 0 Å². The van der Waals surface area contributed by atoms with Gasteiger partial charge in [-0.25, -0.2) is 4.79 Å². The maximum atomic E-state index is 12.6. The molecule has 4 rings (SSSR count). The van der Waals surface area contributed by atoms with Gasteiger partial charge in [-0.1, -0.05) is 34.1 Å². The van der Waals surface area contributed by atoms with Crippen molar-refractivity contribution in [2.45, 2.75) is 116 Å². The molecular formula is C30H50N2O6. The van der Waals surface area contributed by atoms with E-state index >= 15 is 0 Å². The van der Waals surface area contributed by atoms with Gasteiger partial charge in [0.1, 0.15) is 6.10 Å². The molecule has 38 heavy (non-hydrogen) atoms. The molecule has 0 heterocycles. The van der Waals surface area contributed by atoms with Crippen molar-refractivity contribution in [3.8, 4) is 0 Å². The summed E-state index contributed by atoms with van der Waals surface area (Å²) in [7, 11) is 0. The van der Waals surface area contributed by atoms with Crippen LogP contribution in [-0.4, -0.2) is 57.7 Å². The highest BCUT2D eigenvalue weighted by atomic mass is 16.5. The number of carbonyl (C=O) groups excluding carboxylic acids is 1. The van der Waals surface area contributed by atoms with Crippen LogP contribution in [-0.2, 0) is 14.3 Å². The van der Waals surface area contributed by atoms with E-state index in [0.29, 0.717) is 55.7 Å². The number of rotatable bonds is 7. The quantitative estimate of drug-likeness (QED) is 0.246. The number of hydrogen-bond donors (Lipinski definition) is 5. The molecule has 7 N–H and O–H groups in total. The minimum Gasteiger partial charge on any atom is -0.478 e. The Kier molecular flexibility index (Phi) is 8.14. The van der Waals surface area contributed by atoms with Gasteiger partial charge in [-0.3, -0.25) is 4.79 Å². The number of carboxylic acid groups (broad SMARTS) is 1. The lowest BCUT2D eigenvalue weighted by Crippen LogP contribution is -2.74. The lowest BCUT2D eigenvalue weighted by atomic mass is 9.39. The van der Waals surface area contributed by atoms with Crippen LogP contribution in [0.4, 0.5) is 0 Å². The number of aliphatic hydroxyl groups excluding tert-OH is 2. The van der Waals surface area contributed by atoms with Crippen LogP contribution in [0, 0.1) is 40.4 Å². The second kappa shape index (κ2) is 10.5. The Bertz CT molecular complexity index is 966. The average Bonchev–Trinajstić information content (AvgIpc) is 3.08. The van der Waals surface area contributed by atoms with E-state index in [0.717, 1.165) is 25.7 Å². The molecule has 8 heteroatoms. The molecule has 0 aromatic carbocycles. The van der Waals surface area contributed by atoms with Crippen LogP contribution < -0.4 is 11.5 Å². The molecule has 0 spiro atoms. The highest BCUT2D eigenvalue weighted by Gasteiger charge is 2.71. The lowest BCUT2D eigenvalue weighted by Gasteiger charge is -2.68. The molecule has 0 bridgehead atoms. The van der Waals surface area contributed by atoms with Crippen molar-refractivity contribution in [2.75, 3.05) is 6.54 Å². The number of nitrogens with two attached hydrogens (primary N) is 2. The molecule has 0 amide bonds. The molecule has 10 atom stereocenters. The molecule has 0 aliphatic heterocycles. The number of hydrogen-bond acceptors (Lipinski definition) is 7. The summed E-state index contributed by atoms with van der Waals surface area (Å²) in [6.07, 6.45) is 3.93. The first-order valence-electron chi connectivity index (χ1n) is 14.7. The van der Waals surface area contributed by atoms with Crippen LogP contribution in [0.5, 0.6) is 0 Å². The predicted molar refractivity (Wildman–Crippen MR) is 145 cm³/mol. The summed E-state index contributed by atoms with van der Waals surface area (Å²) in [5.74, 6) is -1.32. The van der Waals surface area contributed by atoms with Crippen molar-refractivity contribution in [3.63, 3.8) is 0 Å². The summed E-state index contributed by atoms with van der Waals surface area (Å²) in [6.45, 7) is 10.4. The van der Waals surface area contributed by atoms with Gasteiger partial charge in [0.25, 0.3) is 0 Å². The van der Waals surface area contributed by atoms with Crippen LogP contribution in [0.1, 0.15) is 92.4 Å². The van der Waals surface area contributed by atoms with E-state index in [-0.39, 0.29) is 29.1 Å². The van der Waals surface area contributed by atoms with Gasteiger partial charge in [-0.2, -0.15) is 0 Å². The smallest absolute Gasteiger partial charge is 0.331 e. The third kappa shape index (κ3) is 4.53. The maximum absolute atomic E-state index is 12.6. The molecule has 0 saturated heterocycles. The molecule has 4 aliphatic rings. The minimum atomic E-state index is -0.976. The normalized spacial score (nSPS) is 45.7. The molecule has 216 valence electrons. The monoisotopic (exact) mass is 534 g/mol. The Morgan fingerprint density at radius 2 is 1.82 bits per heavy atom. The number of esters is 1. The zero-order chi connectivity index (χ0) is 28.2. The van der Waals surface area contributed by atoms with Crippen LogP contribution in [0.3, 0.4) is 0 Å². The van der Waals surface area contributed by atoms with Gasteiger partial charge in [-0.05, 0) is 92.1 Å². The summed E-state index contributed by atoms with van der Waals surface area (Å²) in [5.41, 5.74) is 13.0. The standard InChI is InChI=1S/C30H50N2O6/c1-16(2)7-6-8-18(27(36)37)25-21-13-23(35)26-28(4)11-10-22(34)19(15-31)20(28)9-12-30(26,32)29(21,5)14-24(25)38-17(3)33/h16,19-24,26,34-35H,6-15,31-32H2,1-5H3,(H,36,37)/b25-18-/t19-,20-,21-,22+,23+,24-,26-,28-,29-,30+/m0/s1. The van der Waals surface area contributed by atoms with Crippen LogP contribution in [0.2, 0.25) is 0 Å². The van der Waals surface area contributed by atoms with Gasteiger partial charge in [0.15, 0.2) is 0 Å². The predicted octanol–water partition coefficient (Wildman–Crippen LogP) is 3.38. The largest absolute Gasteiger partial charge is 0.478 e. The van der Waals surface area contributed by atoms with Crippen LogP contribution >= 0.6 is 0 Å². The molecule has 0 unspecified atom stereocenters. The van der Waals surface area contributed by atoms with Gasteiger partial charge in [0.05, 0.1) is 12.2 Å². The number of aliphatic carboxylic acids is 1. The van der Waals surface area contributed by atoms with E-state index in [2.05, 4.69) is 27.7 Å². The highest BCUT2D eigenvalue weighted by molar-refractivity contribution is 5.88. The van der Waals surface area contributed by atoms with Gasteiger partial charge in [-0.15, -0.1) is 0 Å². The molecule has 0 radical (unpaired) electrons.